The molecule has 30 heavy (non-hydrogen) atoms. The van der Waals surface area contributed by atoms with Crippen LogP contribution in [-0.2, 0) is 4.79 Å². The summed E-state index contributed by atoms with van der Waals surface area (Å²) in [6.45, 7) is 5.82. The van der Waals surface area contributed by atoms with Crippen LogP contribution in [0.2, 0.25) is 0 Å². The first-order chi connectivity index (χ1) is 14.5. The van der Waals surface area contributed by atoms with Crippen LogP contribution in [0.1, 0.15) is 25.3 Å². The number of halogens is 1. The van der Waals surface area contributed by atoms with Gasteiger partial charge >= 0.3 is 0 Å². The highest BCUT2D eigenvalue weighted by atomic mass is 32.2. The number of aryl methyl sites for hydroxylation is 1. The minimum absolute atomic E-state index is 0.109. The maximum Gasteiger partial charge on any atom is 0.233 e. The second kappa shape index (κ2) is 9.00. The van der Waals surface area contributed by atoms with Crippen molar-refractivity contribution >= 4 is 17.7 Å². The van der Waals surface area contributed by atoms with Crippen LogP contribution >= 0.6 is 11.8 Å². The molecule has 0 saturated carbocycles. The molecule has 2 aromatic carbocycles. The summed E-state index contributed by atoms with van der Waals surface area (Å²) in [5.41, 5.74) is 2.35. The van der Waals surface area contributed by atoms with E-state index in [9.17, 15) is 9.18 Å². The quantitative estimate of drug-likeness (QED) is 0.556. The van der Waals surface area contributed by atoms with Crippen LogP contribution in [0.4, 0.5) is 4.39 Å². The monoisotopic (exact) mass is 424 g/mol. The molecule has 1 aliphatic rings. The van der Waals surface area contributed by atoms with Gasteiger partial charge in [-0.1, -0.05) is 48.5 Å². The Morgan fingerprint density at radius 3 is 2.67 bits per heavy atom. The van der Waals surface area contributed by atoms with Gasteiger partial charge in [-0.15, -0.1) is 10.2 Å². The van der Waals surface area contributed by atoms with E-state index in [0.29, 0.717) is 22.5 Å². The van der Waals surface area contributed by atoms with Crippen LogP contribution in [-0.4, -0.2) is 44.4 Å². The average Bonchev–Trinajstić information content (AvgIpc) is 3.16. The zero-order valence-corrected chi connectivity index (χ0v) is 18.0. The van der Waals surface area contributed by atoms with Gasteiger partial charge in [-0.2, -0.15) is 0 Å². The molecule has 1 unspecified atom stereocenters. The van der Waals surface area contributed by atoms with E-state index in [1.807, 2.05) is 40.7 Å². The normalized spacial score (nSPS) is 16.6. The minimum atomic E-state index is -0.354. The third-order valence-corrected chi connectivity index (χ3v) is 6.29. The molecule has 0 N–H and O–H groups in total. The van der Waals surface area contributed by atoms with Gasteiger partial charge < -0.3 is 4.90 Å². The van der Waals surface area contributed by atoms with E-state index in [-0.39, 0.29) is 17.5 Å². The van der Waals surface area contributed by atoms with Crippen molar-refractivity contribution in [3.63, 3.8) is 0 Å². The molecule has 0 radical (unpaired) electrons. The lowest BCUT2D eigenvalue weighted by molar-refractivity contribution is -0.130. The van der Waals surface area contributed by atoms with E-state index in [1.54, 1.807) is 18.2 Å². The first-order valence-corrected chi connectivity index (χ1v) is 11.2. The topological polar surface area (TPSA) is 51.0 Å². The Kier molecular flexibility index (Phi) is 6.18. The average molecular weight is 425 g/mol. The Hall–Kier alpha value is -2.67. The number of piperidine rings is 1. The lowest BCUT2D eigenvalue weighted by Crippen LogP contribution is -2.40. The van der Waals surface area contributed by atoms with Gasteiger partial charge in [-0.05, 0) is 49.9 Å². The summed E-state index contributed by atoms with van der Waals surface area (Å²) in [5.74, 6) is 1.01. The Labute approximate surface area is 180 Å². The molecule has 1 fully saturated rings. The number of carbonyl (C=O) groups excluding carboxylic acids is 1. The van der Waals surface area contributed by atoms with Gasteiger partial charge in [0.15, 0.2) is 11.0 Å². The van der Waals surface area contributed by atoms with Gasteiger partial charge in [-0.25, -0.2) is 4.39 Å². The molecule has 1 amide bonds. The molecule has 2 heterocycles. The van der Waals surface area contributed by atoms with Gasteiger partial charge in [0.1, 0.15) is 5.82 Å². The maximum atomic E-state index is 14.5. The lowest BCUT2D eigenvalue weighted by Gasteiger charge is -2.30. The van der Waals surface area contributed by atoms with E-state index < -0.39 is 0 Å². The molecule has 156 valence electrons. The second-order valence-electron chi connectivity index (χ2n) is 7.83. The highest BCUT2D eigenvalue weighted by Crippen LogP contribution is 2.30. The second-order valence-corrected chi connectivity index (χ2v) is 8.78. The highest BCUT2D eigenvalue weighted by Gasteiger charge is 2.23. The summed E-state index contributed by atoms with van der Waals surface area (Å²) < 4.78 is 16.3. The fraction of sp³-hybridized carbons (Fsp3) is 0.348. The van der Waals surface area contributed by atoms with E-state index in [0.717, 1.165) is 30.8 Å². The number of aromatic nitrogens is 3. The number of hydrogen-bond acceptors (Lipinski definition) is 4. The number of thioether (sulfide) groups is 1. The molecular weight excluding hydrogens is 399 g/mol. The first kappa shape index (κ1) is 20.6. The van der Waals surface area contributed by atoms with Crippen molar-refractivity contribution in [1.29, 1.82) is 0 Å². The zero-order chi connectivity index (χ0) is 21.1. The molecule has 1 aliphatic heterocycles. The molecule has 7 heteroatoms. The van der Waals surface area contributed by atoms with Crippen molar-refractivity contribution in [3.05, 3.63) is 59.9 Å². The van der Waals surface area contributed by atoms with Crippen LogP contribution in [0.5, 0.6) is 0 Å². The molecule has 0 spiro atoms. The van der Waals surface area contributed by atoms with Crippen LogP contribution < -0.4 is 0 Å². The lowest BCUT2D eigenvalue weighted by atomic mass is 10.0. The number of carbonyl (C=O) groups is 1. The number of benzene rings is 2. The third-order valence-electron chi connectivity index (χ3n) is 5.37. The number of rotatable bonds is 5. The summed E-state index contributed by atoms with van der Waals surface area (Å²) in [6.07, 6.45) is 2.22. The molecule has 3 aromatic rings. The standard InChI is InChI=1S/C23H25FN4OS/c1-16-9-11-18(12-10-16)28-22(19-7-3-4-8-20(19)24)25-26-23(28)30-15-21(29)27-13-5-6-17(2)14-27/h3-4,7-12,17H,5-6,13-15H2,1-2H3. The van der Waals surface area contributed by atoms with Crippen molar-refractivity contribution in [3.8, 4) is 17.1 Å². The Bertz CT molecular complexity index is 1030. The molecule has 0 aliphatic carbocycles. The van der Waals surface area contributed by atoms with Gasteiger partial charge in [0, 0.05) is 18.8 Å². The predicted molar refractivity (Wildman–Crippen MR) is 117 cm³/mol. The van der Waals surface area contributed by atoms with Crippen molar-refractivity contribution in [2.75, 3.05) is 18.8 Å². The van der Waals surface area contributed by atoms with Gasteiger partial charge in [0.25, 0.3) is 0 Å². The minimum Gasteiger partial charge on any atom is -0.342 e. The molecule has 5 nitrogen and oxygen atoms in total. The van der Waals surface area contributed by atoms with Crippen LogP contribution in [0.15, 0.2) is 53.7 Å². The zero-order valence-electron chi connectivity index (χ0n) is 17.2. The van der Waals surface area contributed by atoms with Crippen LogP contribution in [0.25, 0.3) is 17.1 Å². The summed E-state index contributed by atoms with van der Waals surface area (Å²) in [6, 6.07) is 14.4. The van der Waals surface area contributed by atoms with Crippen molar-refractivity contribution in [2.45, 2.75) is 31.8 Å². The fourth-order valence-electron chi connectivity index (χ4n) is 3.74. The van der Waals surface area contributed by atoms with E-state index in [2.05, 4.69) is 17.1 Å². The third kappa shape index (κ3) is 4.41. The van der Waals surface area contributed by atoms with Gasteiger partial charge in [0.05, 0.1) is 11.3 Å². The maximum absolute atomic E-state index is 14.5. The summed E-state index contributed by atoms with van der Waals surface area (Å²) in [5, 5.41) is 9.16. The number of nitrogens with zero attached hydrogens (tertiary/aromatic N) is 4. The smallest absolute Gasteiger partial charge is 0.233 e. The van der Waals surface area contributed by atoms with Crippen molar-refractivity contribution in [1.82, 2.24) is 19.7 Å². The van der Waals surface area contributed by atoms with Gasteiger partial charge in [0.2, 0.25) is 5.91 Å². The summed E-state index contributed by atoms with van der Waals surface area (Å²) >= 11 is 1.35. The largest absolute Gasteiger partial charge is 0.342 e. The fourth-order valence-corrected chi connectivity index (χ4v) is 4.60. The van der Waals surface area contributed by atoms with Crippen LogP contribution in [0, 0.1) is 18.7 Å². The van der Waals surface area contributed by atoms with Crippen molar-refractivity contribution < 1.29 is 9.18 Å². The van der Waals surface area contributed by atoms with E-state index in [1.165, 1.54) is 24.2 Å². The van der Waals surface area contributed by atoms with E-state index in [4.69, 9.17) is 0 Å². The van der Waals surface area contributed by atoms with Crippen LogP contribution in [0.3, 0.4) is 0 Å². The number of hydrogen-bond donors (Lipinski definition) is 0. The highest BCUT2D eigenvalue weighted by molar-refractivity contribution is 7.99. The van der Waals surface area contributed by atoms with Gasteiger partial charge in [-0.3, -0.25) is 9.36 Å². The Balaban J connectivity index is 1.64. The molecule has 4 rings (SSSR count). The predicted octanol–water partition coefficient (Wildman–Crippen LogP) is 4.73. The molecule has 1 aromatic heterocycles. The van der Waals surface area contributed by atoms with Crippen molar-refractivity contribution in [2.24, 2.45) is 5.92 Å². The Morgan fingerprint density at radius 2 is 1.93 bits per heavy atom. The molecular formula is C23H25FN4OS. The molecule has 0 bridgehead atoms. The van der Waals surface area contributed by atoms with E-state index >= 15 is 0 Å². The first-order valence-electron chi connectivity index (χ1n) is 10.2. The number of likely N-dealkylation sites (tertiary alicyclic amines) is 1. The summed E-state index contributed by atoms with van der Waals surface area (Å²) in [4.78, 5) is 14.7. The molecule has 1 saturated heterocycles. The summed E-state index contributed by atoms with van der Waals surface area (Å²) in [7, 11) is 0. The SMILES string of the molecule is Cc1ccc(-n2c(SCC(=O)N3CCCC(C)C3)nnc2-c2ccccc2F)cc1. The Morgan fingerprint density at radius 1 is 1.17 bits per heavy atom. The number of amides is 1. The molecule has 1 atom stereocenters.